The molecule has 132 valence electrons. The average molecular weight is 337 g/mol. The third kappa shape index (κ3) is 4.29. The van der Waals surface area contributed by atoms with Crippen LogP contribution in [0.25, 0.3) is 0 Å². The Bertz CT molecular complexity index is 619. The lowest BCUT2D eigenvalue weighted by Gasteiger charge is -2.40. The Morgan fingerprint density at radius 1 is 0.800 bits per heavy atom. The van der Waals surface area contributed by atoms with E-state index in [1.165, 1.54) is 11.1 Å². The first-order chi connectivity index (χ1) is 12.2. The van der Waals surface area contributed by atoms with E-state index in [0.29, 0.717) is 13.1 Å². The zero-order valence-corrected chi connectivity index (χ0v) is 14.7. The molecular weight excluding hydrogens is 310 g/mol. The first kappa shape index (κ1) is 17.7. The molecule has 1 saturated carbocycles. The highest BCUT2D eigenvalue weighted by Gasteiger charge is 2.44. The Balaban J connectivity index is 1.93. The lowest BCUT2D eigenvalue weighted by molar-refractivity contribution is -0.154. The fourth-order valence-electron chi connectivity index (χ4n) is 3.94. The summed E-state index contributed by atoms with van der Waals surface area (Å²) in [6, 6.07) is 20.5. The molecule has 3 nitrogen and oxygen atoms in total. The second kappa shape index (κ2) is 8.30. The molecule has 0 amide bonds. The van der Waals surface area contributed by atoms with Gasteiger partial charge >= 0.3 is 5.97 Å². The van der Waals surface area contributed by atoms with Gasteiger partial charge in [0.15, 0.2) is 0 Å². The number of rotatable bonds is 6. The summed E-state index contributed by atoms with van der Waals surface area (Å²) >= 11 is 0. The SMILES string of the molecule is O=C(O)C1(N(Cc2ccccc2)Cc2ccccc2)CCCCCC1. The zero-order valence-electron chi connectivity index (χ0n) is 14.7. The van der Waals surface area contributed by atoms with Crippen molar-refractivity contribution in [2.75, 3.05) is 0 Å². The van der Waals surface area contributed by atoms with Crippen molar-refractivity contribution < 1.29 is 9.90 Å². The molecule has 0 aromatic heterocycles. The van der Waals surface area contributed by atoms with Crippen LogP contribution in [-0.4, -0.2) is 21.5 Å². The minimum Gasteiger partial charge on any atom is -0.480 e. The van der Waals surface area contributed by atoms with Gasteiger partial charge in [-0.25, -0.2) is 0 Å². The molecule has 0 atom stereocenters. The van der Waals surface area contributed by atoms with E-state index in [1.54, 1.807) is 0 Å². The topological polar surface area (TPSA) is 40.5 Å². The predicted octanol–water partition coefficient (Wildman–Crippen LogP) is 4.87. The van der Waals surface area contributed by atoms with E-state index in [9.17, 15) is 9.90 Å². The summed E-state index contributed by atoms with van der Waals surface area (Å²) in [4.78, 5) is 14.6. The fraction of sp³-hybridized carbons (Fsp3) is 0.409. The van der Waals surface area contributed by atoms with Crippen molar-refractivity contribution >= 4 is 5.97 Å². The lowest BCUT2D eigenvalue weighted by atomic mass is 9.87. The highest BCUT2D eigenvalue weighted by Crippen LogP contribution is 2.35. The lowest BCUT2D eigenvalue weighted by Crippen LogP contribution is -2.53. The summed E-state index contributed by atoms with van der Waals surface area (Å²) in [7, 11) is 0. The van der Waals surface area contributed by atoms with Crippen LogP contribution < -0.4 is 0 Å². The number of carboxylic acids is 1. The third-order valence-electron chi connectivity index (χ3n) is 5.37. The van der Waals surface area contributed by atoms with E-state index in [0.717, 1.165) is 38.5 Å². The summed E-state index contributed by atoms with van der Waals surface area (Å²) in [6.45, 7) is 1.34. The molecule has 2 aromatic carbocycles. The van der Waals surface area contributed by atoms with Crippen LogP contribution >= 0.6 is 0 Å². The molecule has 0 radical (unpaired) electrons. The molecule has 3 heteroatoms. The van der Waals surface area contributed by atoms with Gasteiger partial charge in [-0.05, 0) is 24.0 Å². The largest absolute Gasteiger partial charge is 0.480 e. The number of benzene rings is 2. The van der Waals surface area contributed by atoms with Crippen molar-refractivity contribution in [3.63, 3.8) is 0 Å². The number of hydrogen-bond donors (Lipinski definition) is 1. The molecule has 0 spiro atoms. The number of hydrogen-bond acceptors (Lipinski definition) is 2. The Morgan fingerprint density at radius 3 is 1.64 bits per heavy atom. The number of nitrogens with zero attached hydrogens (tertiary/aromatic N) is 1. The van der Waals surface area contributed by atoms with Gasteiger partial charge in [0, 0.05) is 13.1 Å². The molecule has 2 aromatic rings. The molecule has 1 aliphatic rings. The molecule has 1 fully saturated rings. The minimum atomic E-state index is -0.762. The molecule has 25 heavy (non-hydrogen) atoms. The molecule has 0 heterocycles. The summed E-state index contributed by atoms with van der Waals surface area (Å²) in [5.41, 5.74) is 1.58. The van der Waals surface area contributed by atoms with Crippen molar-refractivity contribution in [1.82, 2.24) is 4.90 Å². The normalized spacial score (nSPS) is 17.2. The van der Waals surface area contributed by atoms with Gasteiger partial charge in [0.25, 0.3) is 0 Å². The van der Waals surface area contributed by atoms with Crippen molar-refractivity contribution in [3.8, 4) is 0 Å². The molecule has 1 N–H and O–H groups in total. The van der Waals surface area contributed by atoms with Crippen molar-refractivity contribution in [2.24, 2.45) is 0 Å². The second-order valence-corrected chi connectivity index (χ2v) is 7.08. The molecular formula is C22H27NO2. The Hall–Kier alpha value is -2.13. The van der Waals surface area contributed by atoms with Gasteiger partial charge in [-0.15, -0.1) is 0 Å². The summed E-state index contributed by atoms with van der Waals surface area (Å²) < 4.78 is 0. The zero-order chi connectivity index (χ0) is 17.5. The Labute approximate surface area is 150 Å². The van der Waals surface area contributed by atoms with Crippen LogP contribution in [0.3, 0.4) is 0 Å². The van der Waals surface area contributed by atoms with Crippen molar-refractivity contribution in [1.29, 1.82) is 0 Å². The highest BCUT2D eigenvalue weighted by atomic mass is 16.4. The average Bonchev–Trinajstić information content (AvgIpc) is 2.90. The van der Waals surface area contributed by atoms with Gasteiger partial charge in [0.2, 0.25) is 0 Å². The van der Waals surface area contributed by atoms with Crippen LogP contribution in [0, 0.1) is 0 Å². The van der Waals surface area contributed by atoms with Crippen LogP contribution in [-0.2, 0) is 17.9 Å². The predicted molar refractivity (Wildman–Crippen MR) is 100 cm³/mol. The fourth-order valence-corrected chi connectivity index (χ4v) is 3.94. The maximum atomic E-state index is 12.4. The van der Waals surface area contributed by atoms with Gasteiger partial charge in [0.1, 0.15) is 5.54 Å². The van der Waals surface area contributed by atoms with Crippen molar-refractivity contribution in [2.45, 2.75) is 57.2 Å². The van der Waals surface area contributed by atoms with Gasteiger partial charge in [-0.2, -0.15) is 0 Å². The second-order valence-electron chi connectivity index (χ2n) is 7.08. The van der Waals surface area contributed by atoms with Crippen LogP contribution in [0.1, 0.15) is 49.7 Å². The molecule has 3 rings (SSSR count). The summed E-state index contributed by atoms with van der Waals surface area (Å²) in [6.07, 6.45) is 5.74. The molecule has 0 bridgehead atoms. The molecule has 0 aliphatic heterocycles. The van der Waals surface area contributed by atoms with E-state index in [-0.39, 0.29) is 0 Å². The quantitative estimate of drug-likeness (QED) is 0.765. The van der Waals surface area contributed by atoms with E-state index < -0.39 is 11.5 Å². The third-order valence-corrected chi connectivity index (χ3v) is 5.37. The van der Waals surface area contributed by atoms with Gasteiger partial charge in [0.05, 0.1) is 0 Å². The number of carboxylic acid groups (broad SMARTS) is 1. The first-order valence-corrected chi connectivity index (χ1v) is 9.27. The Morgan fingerprint density at radius 2 is 1.24 bits per heavy atom. The summed E-state index contributed by atoms with van der Waals surface area (Å²) in [5, 5.41) is 10.2. The molecule has 1 aliphatic carbocycles. The van der Waals surface area contributed by atoms with E-state index in [1.807, 2.05) is 36.4 Å². The highest BCUT2D eigenvalue weighted by molar-refractivity contribution is 5.78. The van der Waals surface area contributed by atoms with E-state index in [2.05, 4.69) is 29.2 Å². The standard InChI is InChI=1S/C22H27NO2/c24-21(25)22(15-9-1-2-10-16-22)23(17-19-11-5-3-6-12-19)18-20-13-7-4-8-14-20/h3-8,11-14H,1-2,9-10,15-18H2,(H,24,25). The first-order valence-electron chi connectivity index (χ1n) is 9.27. The number of carbonyl (C=O) groups is 1. The maximum Gasteiger partial charge on any atom is 0.324 e. The van der Waals surface area contributed by atoms with Crippen LogP contribution in [0.5, 0.6) is 0 Å². The van der Waals surface area contributed by atoms with Gasteiger partial charge < -0.3 is 5.11 Å². The summed E-state index contributed by atoms with van der Waals surface area (Å²) in [5.74, 6) is -0.665. The van der Waals surface area contributed by atoms with Crippen LogP contribution in [0.4, 0.5) is 0 Å². The van der Waals surface area contributed by atoms with Crippen molar-refractivity contribution in [3.05, 3.63) is 71.8 Å². The Kier molecular flexibility index (Phi) is 5.87. The van der Waals surface area contributed by atoms with Crippen LogP contribution in [0.2, 0.25) is 0 Å². The molecule has 0 saturated heterocycles. The van der Waals surface area contributed by atoms with Gasteiger partial charge in [-0.1, -0.05) is 86.3 Å². The van der Waals surface area contributed by atoms with E-state index >= 15 is 0 Å². The van der Waals surface area contributed by atoms with E-state index in [4.69, 9.17) is 0 Å². The maximum absolute atomic E-state index is 12.4. The monoisotopic (exact) mass is 337 g/mol. The number of aliphatic carboxylic acids is 1. The van der Waals surface area contributed by atoms with Crippen LogP contribution in [0.15, 0.2) is 60.7 Å². The minimum absolute atomic E-state index is 0.665. The van der Waals surface area contributed by atoms with Gasteiger partial charge in [-0.3, -0.25) is 9.69 Å². The smallest absolute Gasteiger partial charge is 0.324 e. The molecule has 0 unspecified atom stereocenters.